The van der Waals surface area contributed by atoms with Crippen LogP contribution >= 0.6 is 0 Å². The number of esters is 2. The third-order valence-corrected chi connectivity index (χ3v) is 2.31. The molecule has 1 fully saturated rings. The first kappa shape index (κ1) is 9.03. The average molecular weight is 172 g/mol. The molecule has 4 nitrogen and oxygen atoms in total. The van der Waals surface area contributed by atoms with E-state index in [4.69, 9.17) is 9.47 Å². The summed E-state index contributed by atoms with van der Waals surface area (Å²) >= 11 is 0. The Balaban J connectivity index is 2.95. The number of carbonyl (C=O) groups excluding carboxylic acids is 2. The summed E-state index contributed by atoms with van der Waals surface area (Å²) in [7, 11) is 0. The maximum Gasteiger partial charge on any atom is 0.418 e. The van der Waals surface area contributed by atoms with Gasteiger partial charge in [0.2, 0.25) is 0 Å². The molecule has 12 heavy (non-hydrogen) atoms. The first-order chi connectivity index (χ1) is 5.26. The van der Waals surface area contributed by atoms with E-state index >= 15 is 0 Å². The zero-order valence-electron chi connectivity index (χ0n) is 7.63. The summed E-state index contributed by atoms with van der Waals surface area (Å²) in [4.78, 5) is 21.6. The van der Waals surface area contributed by atoms with Crippen molar-refractivity contribution < 1.29 is 19.1 Å². The molecule has 1 rings (SSSR count). The molecule has 0 unspecified atom stereocenters. The summed E-state index contributed by atoms with van der Waals surface area (Å²) in [6.45, 7) is 6.82. The predicted molar refractivity (Wildman–Crippen MR) is 40.3 cm³/mol. The van der Waals surface area contributed by atoms with E-state index in [2.05, 4.69) is 0 Å². The van der Waals surface area contributed by atoms with Crippen molar-refractivity contribution >= 4 is 11.9 Å². The Bertz CT molecular complexity index is 213. The van der Waals surface area contributed by atoms with Crippen molar-refractivity contribution in [1.29, 1.82) is 0 Å². The fourth-order valence-electron chi connectivity index (χ4n) is 0.793. The third-order valence-electron chi connectivity index (χ3n) is 2.31. The molecule has 68 valence electrons. The van der Waals surface area contributed by atoms with Crippen LogP contribution in [0.2, 0.25) is 0 Å². The van der Waals surface area contributed by atoms with E-state index in [1.165, 1.54) is 0 Å². The maximum absolute atomic E-state index is 10.8. The molecule has 0 saturated carbocycles. The highest BCUT2D eigenvalue weighted by Gasteiger charge is 2.50. The molecule has 1 aliphatic rings. The smallest absolute Gasteiger partial charge is 0.418 e. The minimum atomic E-state index is -0.917. The number of cyclic esters (lactones) is 2. The summed E-state index contributed by atoms with van der Waals surface area (Å²) in [5, 5.41) is 0. The minimum Gasteiger partial charge on any atom is -0.447 e. The van der Waals surface area contributed by atoms with Gasteiger partial charge in [0, 0.05) is 0 Å². The van der Waals surface area contributed by atoms with Gasteiger partial charge in [-0.3, -0.25) is 0 Å². The van der Waals surface area contributed by atoms with Gasteiger partial charge in [-0.25, -0.2) is 9.59 Å². The van der Waals surface area contributed by atoms with Crippen LogP contribution in [-0.4, -0.2) is 23.1 Å². The molecule has 0 spiro atoms. The minimum absolute atomic E-state index is 0.766. The van der Waals surface area contributed by atoms with Gasteiger partial charge in [-0.1, -0.05) is 0 Å². The van der Waals surface area contributed by atoms with Crippen molar-refractivity contribution in [3.05, 3.63) is 0 Å². The van der Waals surface area contributed by atoms with Crippen LogP contribution < -0.4 is 0 Å². The lowest BCUT2D eigenvalue weighted by molar-refractivity contribution is -0.226. The van der Waals surface area contributed by atoms with Crippen LogP contribution in [0.25, 0.3) is 0 Å². The van der Waals surface area contributed by atoms with Crippen molar-refractivity contribution in [3.8, 4) is 0 Å². The van der Waals surface area contributed by atoms with Crippen molar-refractivity contribution in [2.45, 2.75) is 38.9 Å². The second kappa shape index (κ2) is 2.21. The molecule has 1 heterocycles. The van der Waals surface area contributed by atoms with Gasteiger partial charge in [-0.15, -0.1) is 0 Å². The normalized spacial score (nSPS) is 26.0. The monoisotopic (exact) mass is 172 g/mol. The number of ether oxygens (including phenoxy) is 2. The van der Waals surface area contributed by atoms with Crippen LogP contribution in [0.3, 0.4) is 0 Å². The maximum atomic E-state index is 10.8. The number of rotatable bonds is 0. The predicted octanol–water partition coefficient (Wildman–Crippen LogP) is 0.644. The van der Waals surface area contributed by atoms with E-state index in [1.807, 2.05) is 0 Å². The van der Waals surface area contributed by atoms with E-state index in [0.29, 0.717) is 0 Å². The fraction of sp³-hybridized carbons (Fsp3) is 0.750. The largest absolute Gasteiger partial charge is 0.447 e. The number of carbonyl (C=O) groups is 2. The second-order valence-corrected chi connectivity index (χ2v) is 3.80. The van der Waals surface area contributed by atoms with Gasteiger partial charge in [-0.2, -0.15) is 0 Å². The van der Waals surface area contributed by atoms with Gasteiger partial charge >= 0.3 is 11.9 Å². The molecule has 0 aromatic heterocycles. The molecule has 0 amide bonds. The summed E-state index contributed by atoms with van der Waals surface area (Å²) < 4.78 is 9.78. The van der Waals surface area contributed by atoms with Gasteiger partial charge in [0.05, 0.1) is 0 Å². The Morgan fingerprint density at radius 1 is 0.833 bits per heavy atom. The lowest BCUT2D eigenvalue weighted by Crippen LogP contribution is -2.57. The Labute approximate surface area is 70.8 Å². The molecular weight excluding hydrogens is 160 g/mol. The average Bonchev–Trinajstić information content (AvgIpc) is 1.82. The number of hydrogen-bond acceptors (Lipinski definition) is 4. The fourth-order valence-corrected chi connectivity index (χ4v) is 0.793. The zero-order valence-corrected chi connectivity index (χ0v) is 7.63. The van der Waals surface area contributed by atoms with E-state index < -0.39 is 23.1 Å². The molecule has 1 aliphatic heterocycles. The van der Waals surface area contributed by atoms with Crippen molar-refractivity contribution in [1.82, 2.24) is 0 Å². The third kappa shape index (κ3) is 1.17. The summed E-state index contributed by atoms with van der Waals surface area (Å²) in [6.07, 6.45) is 0. The van der Waals surface area contributed by atoms with Crippen LogP contribution in [-0.2, 0) is 19.1 Å². The van der Waals surface area contributed by atoms with Crippen LogP contribution in [0.5, 0.6) is 0 Å². The Kier molecular flexibility index (Phi) is 1.67. The molecule has 0 atom stereocenters. The summed E-state index contributed by atoms with van der Waals surface area (Å²) in [5.41, 5.74) is -1.53. The second-order valence-electron chi connectivity index (χ2n) is 3.80. The lowest BCUT2D eigenvalue weighted by Gasteiger charge is -2.42. The van der Waals surface area contributed by atoms with Crippen molar-refractivity contribution in [2.75, 3.05) is 0 Å². The van der Waals surface area contributed by atoms with Gasteiger partial charge in [0.25, 0.3) is 0 Å². The first-order valence-electron chi connectivity index (χ1n) is 3.72. The van der Waals surface area contributed by atoms with Crippen LogP contribution in [0.15, 0.2) is 0 Å². The number of hydrogen-bond donors (Lipinski definition) is 0. The lowest BCUT2D eigenvalue weighted by atomic mass is 9.88. The highest BCUT2D eigenvalue weighted by Crippen LogP contribution is 2.32. The first-order valence-corrected chi connectivity index (χ1v) is 3.72. The highest BCUT2D eigenvalue weighted by molar-refractivity contribution is 6.30. The molecule has 0 radical (unpaired) electrons. The molecule has 1 saturated heterocycles. The molecule has 0 aliphatic carbocycles. The molecule has 0 aromatic rings. The van der Waals surface area contributed by atoms with E-state index in [-0.39, 0.29) is 0 Å². The van der Waals surface area contributed by atoms with Crippen LogP contribution in [0, 0.1) is 0 Å². The van der Waals surface area contributed by atoms with E-state index in [0.717, 1.165) is 0 Å². The van der Waals surface area contributed by atoms with Gasteiger partial charge in [0.15, 0.2) is 0 Å². The molecule has 0 bridgehead atoms. The zero-order chi connectivity index (χ0) is 9.57. The summed E-state index contributed by atoms with van der Waals surface area (Å²) in [5.74, 6) is -1.83. The van der Waals surface area contributed by atoms with Crippen LogP contribution in [0.4, 0.5) is 0 Å². The SMILES string of the molecule is CC1(C)OC(=O)C(=O)OC1(C)C. The quantitative estimate of drug-likeness (QED) is 0.397. The van der Waals surface area contributed by atoms with Crippen LogP contribution in [0.1, 0.15) is 27.7 Å². The van der Waals surface area contributed by atoms with Gasteiger partial charge in [-0.05, 0) is 27.7 Å². The van der Waals surface area contributed by atoms with Crippen molar-refractivity contribution in [2.24, 2.45) is 0 Å². The molecule has 0 N–H and O–H groups in total. The van der Waals surface area contributed by atoms with Crippen molar-refractivity contribution in [3.63, 3.8) is 0 Å². The molecule has 0 aromatic carbocycles. The summed E-state index contributed by atoms with van der Waals surface area (Å²) in [6, 6.07) is 0. The van der Waals surface area contributed by atoms with Gasteiger partial charge in [0.1, 0.15) is 11.2 Å². The Morgan fingerprint density at radius 3 is 1.33 bits per heavy atom. The van der Waals surface area contributed by atoms with Gasteiger partial charge < -0.3 is 9.47 Å². The van der Waals surface area contributed by atoms with E-state index in [1.54, 1.807) is 27.7 Å². The Morgan fingerprint density at radius 2 is 1.08 bits per heavy atom. The topological polar surface area (TPSA) is 52.6 Å². The Hall–Kier alpha value is -1.06. The molecule has 4 heteroatoms. The van der Waals surface area contributed by atoms with E-state index in [9.17, 15) is 9.59 Å². The molecular formula is C8H12O4. The standard InChI is InChI=1S/C8H12O4/c1-7(2)8(3,4)12-6(10)5(9)11-7/h1-4H3. The highest BCUT2D eigenvalue weighted by atomic mass is 16.7.